The lowest BCUT2D eigenvalue weighted by atomic mass is 10.1. The molecule has 6 rings (SSSR count). The molecule has 0 bridgehead atoms. The molecule has 2 N–H and O–H groups in total. The van der Waals surface area contributed by atoms with E-state index in [-0.39, 0.29) is 12.4 Å². The van der Waals surface area contributed by atoms with Crippen molar-refractivity contribution in [2.75, 3.05) is 6.54 Å². The lowest BCUT2D eigenvalue weighted by Gasteiger charge is -2.25. The lowest BCUT2D eigenvalue weighted by Crippen LogP contribution is -2.36. The van der Waals surface area contributed by atoms with Gasteiger partial charge in [-0.1, -0.05) is 18.2 Å². The van der Waals surface area contributed by atoms with E-state index in [2.05, 4.69) is 27.1 Å². The maximum atomic E-state index is 12.9. The lowest BCUT2D eigenvalue weighted by molar-refractivity contribution is 0.0679. The van der Waals surface area contributed by atoms with Crippen LogP contribution in [-0.2, 0) is 19.6 Å². The number of aliphatic hydroxyl groups is 1. The Labute approximate surface area is 187 Å². The second-order valence-corrected chi connectivity index (χ2v) is 8.05. The average molecular weight is 456 g/mol. The largest absolute Gasteiger partial charge is 0.464 e. The monoisotopic (exact) mass is 456 g/mol. The third-order valence-corrected chi connectivity index (χ3v) is 5.82. The molecule has 2 aliphatic rings. The van der Waals surface area contributed by atoms with E-state index in [9.17, 15) is 13.6 Å². The zero-order chi connectivity index (χ0) is 22.9. The van der Waals surface area contributed by atoms with Crippen molar-refractivity contribution in [3.63, 3.8) is 0 Å². The van der Waals surface area contributed by atoms with Crippen LogP contribution in [0.15, 0.2) is 45.7 Å². The first-order chi connectivity index (χ1) is 16.0. The Hall–Kier alpha value is -3.53. The van der Waals surface area contributed by atoms with E-state index in [4.69, 9.17) is 13.9 Å². The molecule has 1 aliphatic carbocycles. The molecule has 1 aromatic carbocycles. The normalized spacial score (nSPS) is 15.5. The van der Waals surface area contributed by atoms with Gasteiger partial charge >= 0.3 is 0 Å². The molecule has 0 saturated heterocycles. The molecule has 0 atom stereocenters. The van der Waals surface area contributed by atoms with Gasteiger partial charge in [-0.2, -0.15) is 0 Å². The van der Waals surface area contributed by atoms with E-state index in [0.717, 1.165) is 22.9 Å². The molecule has 1 aliphatic heterocycles. The quantitative estimate of drug-likeness (QED) is 0.473. The minimum Gasteiger partial charge on any atom is -0.464 e. The van der Waals surface area contributed by atoms with Crippen LogP contribution in [0.25, 0.3) is 11.0 Å². The molecule has 3 aromatic heterocycles. The van der Waals surface area contributed by atoms with Crippen LogP contribution in [0.3, 0.4) is 0 Å². The molecule has 0 unspecified atom stereocenters. The van der Waals surface area contributed by atoms with Crippen LogP contribution >= 0.6 is 0 Å². The van der Waals surface area contributed by atoms with Gasteiger partial charge in [-0.25, -0.2) is 18.7 Å². The summed E-state index contributed by atoms with van der Waals surface area (Å²) in [5, 5.41) is 10.2. The maximum absolute atomic E-state index is 12.9. The highest BCUT2D eigenvalue weighted by molar-refractivity contribution is 5.92. The van der Waals surface area contributed by atoms with Crippen molar-refractivity contribution in [3.8, 4) is 0 Å². The summed E-state index contributed by atoms with van der Waals surface area (Å²) in [5.74, 6) is -0.698. The Balaban J connectivity index is 0.000000159. The number of aromatic nitrogens is 3. The number of aliphatic hydroxyl groups excluding tert-OH is 1. The van der Waals surface area contributed by atoms with E-state index in [1.54, 1.807) is 0 Å². The van der Waals surface area contributed by atoms with Crippen molar-refractivity contribution in [1.82, 2.24) is 19.9 Å². The molecule has 0 spiro atoms. The number of benzene rings is 1. The number of nitrogens with zero attached hydrogens (tertiary/aromatic N) is 3. The van der Waals surface area contributed by atoms with Crippen molar-refractivity contribution < 1.29 is 27.5 Å². The Bertz CT molecular complexity index is 1270. The fourth-order valence-electron chi connectivity index (χ4n) is 3.99. The van der Waals surface area contributed by atoms with E-state index < -0.39 is 30.4 Å². The molecule has 33 heavy (non-hydrogen) atoms. The first-order valence-electron chi connectivity index (χ1n) is 10.7. The zero-order valence-electron chi connectivity index (χ0n) is 17.6. The van der Waals surface area contributed by atoms with Crippen LogP contribution < -0.4 is 0 Å². The second kappa shape index (κ2) is 8.78. The second-order valence-electron chi connectivity index (χ2n) is 8.05. The summed E-state index contributed by atoms with van der Waals surface area (Å²) in [6.45, 7) is -0.0434. The summed E-state index contributed by atoms with van der Waals surface area (Å²) in [7, 11) is 0. The number of furan rings is 1. The number of alkyl halides is 2. The Morgan fingerprint density at radius 1 is 1.30 bits per heavy atom. The average Bonchev–Trinajstić information content (AvgIpc) is 3.26. The Morgan fingerprint density at radius 3 is 2.88 bits per heavy atom. The van der Waals surface area contributed by atoms with E-state index >= 15 is 0 Å². The maximum Gasteiger partial charge on any atom is 0.292 e. The van der Waals surface area contributed by atoms with E-state index in [0.29, 0.717) is 13.0 Å². The molecular formula is C23H22F2N4O4. The number of halogens is 2. The number of hydrogen-bond acceptors (Lipinski definition) is 6. The molecule has 10 heteroatoms. The highest BCUT2D eigenvalue weighted by Gasteiger charge is 2.32. The number of para-hydroxylation sites is 1. The molecule has 4 aromatic rings. The summed E-state index contributed by atoms with van der Waals surface area (Å²) in [5.41, 5.74) is 3.33. The first-order valence-corrected chi connectivity index (χ1v) is 10.7. The zero-order valence-corrected chi connectivity index (χ0v) is 17.6. The number of amides is 1. The predicted molar refractivity (Wildman–Crippen MR) is 113 cm³/mol. The number of H-pyrrole nitrogens is 1. The van der Waals surface area contributed by atoms with Crippen LogP contribution in [0.5, 0.6) is 0 Å². The third kappa shape index (κ3) is 4.25. The van der Waals surface area contributed by atoms with Crippen LogP contribution in [0.2, 0.25) is 0 Å². The smallest absolute Gasteiger partial charge is 0.292 e. The van der Waals surface area contributed by atoms with Gasteiger partial charge in [0.2, 0.25) is 11.7 Å². The van der Waals surface area contributed by atoms with Gasteiger partial charge < -0.3 is 23.8 Å². The fraction of sp³-hybridized carbons (Fsp3) is 0.348. The number of rotatable bonds is 4. The summed E-state index contributed by atoms with van der Waals surface area (Å²) in [4.78, 5) is 24.2. The molecule has 1 saturated carbocycles. The number of hydrogen-bond donors (Lipinski definition) is 2. The molecule has 172 valence electrons. The first kappa shape index (κ1) is 21.3. The van der Waals surface area contributed by atoms with Crippen molar-refractivity contribution in [3.05, 3.63) is 71.2 Å². The van der Waals surface area contributed by atoms with Crippen molar-refractivity contribution in [2.45, 2.75) is 44.8 Å². The van der Waals surface area contributed by atoms with Crippen LogP contribution in [-0.4, -0.2) is 37.4 Å². The number of carbonyl (C=O) groups excluding carboxylic acids is 1. The Morgan fingerprint density at radius 2 is 2.12 bits per heavy atom. The standard InChI is InChI=1S/C12H12F2N4O3.C11H10O/c13-11(14)9-10(21-8(4-19)17-9)12(20)18-2-1-6-7(3-18)16-5-15-6;1-2-4-11-9(3-1)10(7-12-11)8-5-6-8/h5,11,19H,1-4H2,(H,15,16);1-4,7-8H,5-6H2. The van der Waals surface area contributed by atoms with Crippen molar-refractivity contribution in [2.24, 2.45) is 0 Å². The molecule has 1 fully saturated rings. The van der Waals surface area contributed by atoms with Gasteiger partial charge in [0.15, 0.2) is 5.69 Å². The number of fused-ring (bicyclic) bond motifs is 2. The number of oxazole rings is 1. The Kier molecular flexibility index (Phi) is 5.67. The fourth-order valence-corrected chi connectivity index (χ4v) is 3.99. The van der Waals surface area contributed by atoms with Gasteiger partial charge in [-0.3, -0.25) is 4.79 Å². The van der Waals surface area contributed by atoms with Crippen molar-refractivity contribution >= 4 is 16.9 Å². The molecule has 0 radical (unpaired) electrons. The molecule has 1 amide bonds. The summed E-state index contributed by atoms with van der Waals surface area (Å²) < 4.78 is 36.2. The van der Waals surface area contributed by atoms with E-state index in [1.165, 1.54) is 35.0 Å². The van der Waals surface area contributed by atoms with Gasteiger partial charge in [0.05, 0.1) is 30.5 Å². The topological polar surface area (TPSA) is 108 Å². The highest BCUT2D eigenvalue weighted by Crippen LogP contribution is 2.43. The SMILES string of the molecule is O=C(c1oc(CO)nc1C(F)F)N1CCc2nc[nH]c2C1.c1ccc2c(C3CC3)coc2c1. The third-order valence-electron chi connectivity index (χ3n) is 5.82. The molecular weight excluding hydrogens is 434 g/mol. The number of aromatic amines is 1. The van der Waals surface area contributed by atoms with Crippen LogP contribution in [0.1, 0.15) is 64.3 Å². The molecule has 4 heterocycles. The summed E-state index contributed by atoms with van der Waals surface area (Å²) >= 11 is 0. The van der Waals surface area contributed by atoms with Crippen molar-refractivity contribution in [1.29, 1.82) is 0 Å². The minimum absolute atomic E-state index is 0.242. The minimum atomic E-state index is -2.94. The van der Waals surface area contributed by atoms with Gasteiger partial charge in [0.1, 0.15) is 12.2 Å². The number of imidazole rings is 1. The van der Waals surface area contributed by atoms with Gasteiger partial charge in [-0.05, 0) is 24.8 Å². The summed E-state index contributed by atoms with van der Waals surface area (Å²) in [6.07, 6.45) is 3.72. The highest BCUT2D eigenvalue weighted by atomic mass is 19.3. The van der Waals surface area contributed by atoms with E-state index in [1.807, 2.05) is 18.4 Å². The molecule has 8 nitrogen and oxygen atoms in total. The van der Waals surface area contributed by atoms with Crippen LogP contribution in [0.4, 0.5) is 8.78 Å². The number of carbonyl (C=O) groups is 1. The van der Waals surface area contributed by atoms with Crippen LogP contribution in [0, 0.1) is 0 Å². The predicted octanol–water partition coefficient (Wildman–Crippen LogP) is 4.34. The van der Waals surface area contributed by atoms with Gasteiger partial charge in [-0.15, -0.1) is 0 Å². The number of nitrogens with one attached hydrogen (secondary N) is 1. The van der Waals surface area contributed by atoms with Gasteiger partial charge in [0, 0.05) is 23.9 Å². The summed E-state index contributed by atoms with van der Waals surface area (Å²) in [6, 6.07) is 8.26. The van der Waals surface area contributed by atoms with Gasteiger partial charge in [0.25, 0.3) is 12.3 Å².